The van der Waals surface area contributed by atoms with E-state index in [1.807, 2.05) is 0 Å². The van der Waals surface area contributed by atoms with Crippen LogP contribution in [0.2, 0.25) is 0 Å². The maximum atomic E-state index is 11.7. The second-order valence-corrected chi connectivity index (χ2v) is 3.30. The molecule has 12 heavy (non-hydrogen) atoms. The molecule has 1 aliphatic carbocycles. The third-order valence-corrected chi connectivity index (χ3v) is 2.20. The topological polar surface area (TPSA) is 12.0 Å². The van der Waals surface area contributed by atoms with Gasteiger partial charge in [0.1, 0.15) is 0 Å². The van der Waals surface area contributed by atoms with Crippen LogP contribution in [0.3, 0.4) is 0 Å². The first-order valence-corrected chi connectivity index (χ1v) is 4.38. The molecule has 0 aromatic carbocycles. The minimum Gasteiger partial charge on any atom is -0.314 e. The zero-order chi connectivity index (χ0) is 9.03. The second kappa shape index (κ2) is 4.12. The van der Waals surface area contributed by atoms with Gasteiger partial charge in [-0.3, -0.25) is 0 Å². The normalized spacial score (nSPS) is 20.2. The Balaban J connectivity index is 2.02. The van der Waals surface area contributed by atoms with Gasteiger partial charge in [-0.15, -0.1) is 0 Å². The molecular formula is C8H14F3N. The summed E-state index contributed by atoms with van der Waals surface area (Å²) in [5.41, 5.74) is 0. The highest BCUT2D eigenvalue weighted by molar-refractivity contribution is 4.73. The van der Waals surface area contributed by atoms with Gasteiger partial charge in [-0.2, -0.15) is 13.2 Å². The van der Waals surface area contributed by atoms with Gasteiger partial charge in [-0.25, -0.2) is 0 Å². The van der Waals surface area contributed by atoms with Crippen molar-refractivity contribution in [2.45, 2.75) is 44.3 Å². The third kappa shape index (κ3) is 3.95. The molecule has 0 heterocycles. The average Bonchev–Trinajstić information content (AvgIpc) is 2.36. The maximum Gasteiger partial charge on any atom is 0.390 e. The summed E-state index contributed by atoms with van der Waals surface area (Å²) in [5.74, 6) is 0. The summed E-state index contributed by atoms with van der Waals surface area (Å²) in [6, 6.07) is 0.340. The van der Waals surface area contributed by atoms with E-state index >= 15 is 0 Å². The Morgan fingerprint density at radius 1 is 1.17 bits per heavy atom. The Labute approximate surface area is 70.3 Å². The highest BCUT2D eigenvalue weighted by atomic mass is 19.4. The van der Waals surface area contributed by atoms with Crippen molar-refractivity contribution in [2.75, 3.05) is 6.54 Å². The molecule has 0 aromatic heterocycles. The lowest BCUT2D eigenvalue weighted by atomic mass is 10.2. The van der Waals surface area contributed by atoms with Gasteiger partial charge in [0.15, 0.2) is 0 Å². The second-order valence-electron chi connectivity index (χ2n) is 3.30. The predicted octanol–water partition coefficient (Wildman–Crippen LogP) is 2.47. The van der Waals surface area contributed by atoms with E-state index in [0.29, 0.717) is 6.04 Å². The standard InChI is InChI=1S/C8H14F3N/c9-8(10,11)5-6-12-7-3-1-2-4-7/h7,12H,1-6H2. The summed E-state index contributed by atoms with van der Waals surface area (Å²) >= 11 is 0. The van der Waals surface area contributed by atoms with Crippen molar-refractivity contribution in [1.82, 2.24) is 5.32 Å². The molecule has 1 nitrogen and oxygen atoms in total. The van der Waals surface area contributed by atoms with Gasteiger partial charge in [0.2, 0.25) is 0 Å². The minimum atomic E-state index is -4.01. The molecule has 0 radical (unpaired) electrons. The molecule has 1 fully saturated rings. The summed E-state index contributed by atoms with van der Waals surface area (Å²) in [5, 5.41) is 2.92. The van der Waals surface area contributed by atoms with Crippen LogP contribution in [0.1, 0.15) is 32.1 Å². The van der Waals surface area contributed by atoms with Crippen LogP contribution in [0.4, 0.5) is 13.2 Å². The SMILES string of the molecule is FC(F)(F)CCNC1CCCC1. The van der Waals surface area contributed by atoms with Crippen molar-refractivity contribution in [3.63, 3.8) is 0 Å². The van der Waals surface area contributed by atoms with E-state index in [0.717, 1.165) is 25.7 Å². The van der Waals surface area contributed by atoms with Crippen LogP contribution >= 0.6 is 0 Å². The molecule has 0 unspecified atom stereocenters. The highest BCUT2D eigenvalue weighted by Gasteiger charge is 2.26. The van der Waals surface area contributed by atoms with Crippen LogP contribution in [0, 0.1) is 0 Å². The molecule has 1 saturated carbocycles. The van der Waals surface area contributed by atoms with E-state index in [1.54, 1.807) is 0 Å². The van der Waals surface area contributed by atoms with Crippen molar-refractivity contribution in [3.8, 4) is 0 Å². The van der Waals surface area contributed by atoms with Gasteiger partial charge in [-0.1, -0.05) is 12.8 Å². The lowest BCUT2D eigenvalue weighted by Gasteiger charge is -2.12. The van der Waals surface area contributed by atoms with Crippen molar-refractivity contribution < 1.29 is 13.2 Å². The molecule has 0 bridgehead atoms. The average molecular weight is 181 g/mol. The molecular weight excluding hydrogens is 167 g/mol. The van der Waals surface area contributed by atoms with Crippen LogP contribution in [0.25, 0.3) is 0 Å². The van der Waals surface area contributed by atoms with Crippen LogP contribution in [0.5, 0.6) is 0 Å². The molecule has 0 aliphatic heterocycles. The number of alkyl halides is 3. The van der Waals surface area contributed by atoms with Gasteiger partial charge >= 0.3 is 6.18 Å². The Bertz CT molecular complexity index is 127. The quantitative estimate of drug-likeness (QED) is 0.705. The molecule has 72 valence electrons. The fraction of sp³-hybridized carbons (Fsp3) is 1.00. The van der Waals surface area contributed by atoms with Gasteiger partial charge in [-0.05, 0) is 12.8 Å². The van der Waals surface area contributed by atoms with Gasteiger partial charge < -0.3 is 5.32 Å². The van der Waals surface area contributed by atoms with Crippen LogP contribution < -0.4 is 5.32 Å². The summed E-state index contributed by atoms with van der Waals surface area (Å²) in [7, 11) is 0. The summed E-state index contributed by atoms with van der Waals surface area (Å²) in [6.45, 7) is 0.0775. The van der Waals surface area contributed by atoms with Crippen molar-refractivity contribution in [1.29, 1.82) is 0 Å². The Kier molecular flexibility index (Phi) is 3.38. The predicted molar refractivity (Wildman–Crippen MR) is 40.9 cm³/mol. The Morgan fingerprint density at radius 2 is 1.75 bits per heavy atom. The fourth-order valence-corrected chi connectivity index (χ4v) is 1.55. The smallest absolute Gasteiger partial charge is 0.314 e. The van der Waals surface area contributed by atoms with Crippen LogP contribution in [0.15, 0.2) is 0 Å². The molecule has 0 aromatic rings. The van der Waals surface area contributed by atoms with E-state index in [2.05, 4.69) is 5.32 Å². The fourth-order valence-electron chi connectivity index (χ4n) is 1.55. The largest absolute Gasteiger partial charge is 0.390 e. The van der Waals surface area contributed by atoms with E-state index in [1.165, 1.54) is 0 Å². The third-order valence-electron chi connectivity index (χ3n) is 2.20. The number of nitrogens with one attached hydrogen (secondary N) is 1. The summed E-state index contributed by atoms with van der Waals surface area (Å²) in [4.78, 5) is 0. The zero-order valence-corrected chi connectivity index (χ0v) is 6.95. The molecule has 4 heteroatoms. The number of hydrogen-bond acceptors (Lipinski definition) is 1. The van der Waals surface area contributed by atoms with Crippen molar-refractivity contribution >= 4 is 0 Å². The van der Waals surface area contributed by atoms with Crippen molar-refractivity contribution in [2.24, 2.45) is 0 Å². The minimum absolute atomic E-state index is 0.0775. The lowest BCUT2D eigenvalue weighted by molar-refractivity contribution is -0.133. The first-order chi connectivity index (χ1) is 5.58. The number of hydrogen-bond donors (Lipinski definition) is 1. The monoisotopic (exact) mass is 181 g/mol. The van der Waals surface area contributed by atoms with Crippen molar-refractivity contribution in [3.05, 3.63) is 0 Å². The van der Waals surface area contributed by atoms with Crippen LogP contribution in [-0.2, 0) is 0 Å². The molecule has 0 amide bonds. The van der Waals surface area contributed by atoms with Gasteiger partial charge in [0.05, 0.1) is 6.42 Å². The van der Waals surface area contributed by atoms with Crippen LogP contribution in [-0.4, -0.2) is 18.8 Å². The van der Waals surface area contributed by atoms with E-state index in [9.17, 15) is 13.2 Å². The highest BCUT2D eigenvalue weighted by Crippen LogP contribution is 2.20. The first kappa shape index (κ1) is 9.84. The molecule has 1 aliphatic rings. The molecule has 0 saturated heterocycles. The zero-order valence-electron chi connectivity index (χ0n) is 6.95. The van der Waals surface area contributed by atoms with Gasteiger partial charge in [0, 0.05) is 12.6 Å². The molecule has 0 atom stereocenters. The summed E-state index contributed by atoms with van der Waals surface area (Å²) in [6.07, 6.45) is -0.321. The molecule has 1 N–H and O–H groups in total. The maximum absolute atomic E-state index is 11.7. The van der Waals surface area contributed by atoms with Gasteiger partial charge in [0.25, 0.3) is 0 Å². The summed E-state index contributed by atoms with van der Waals surface area (Å²) < 4.78 is 35.1. The van der Waals surface area contributed by atoms with E-state index < -0.39 is 12.6 Å². The first-order valence-electron chi connectivity index (χ1n) is 4.38. The molecule has 1 rings (SSSR count). The number of halogens is 3. The lowest BCUT2D eigenvalue weighted by Crippen LogP contribution is -2.29. The number of rotatable bonds is 3. The Morgan fingerprint density at radius 3 is 2.25 bits per heavy atom. The molecule has 0 spiro atoms. The Hall–Kier alpha value is -0.250. The van der Waals surface area contributed by atoms with E-state index in [-0.39, 0.29) is 6.54 Å². The van der Waals surface area contributed by atoms with E-state index in [4.69, 9.17) is 0 Å².